The van der Waals surface area contributed by atoms with Crippen molar-refractivity contribution in [2.45, 2.75) is 31.8 Å². The van der Waals surface area contributed by atoms with Crippen LogP contribution >= 0.6 is 0 Å². The lowest BCUT2D eigenvalue weighted by atomic mass is 9.99. The molecule has 158 valence electrons. The average molecular weight is 423 g/mol. The van der Waals surface area contributed by atoms with E-state index < -0.39 is 0 Å². The highest BCUT2D eigenvalue weighted by Crippen LogP contribution is 2.38. The molecular weight excluding hydrogens is 402 g/mol. The maximum Gasteiger partial charge on any atom is 0.259 e. The molecule has 1 aliphatic carbocycles. The van der Waals surface area contributed by atoms with Crippen LogP contribution in [-0.2, 0) is 0 Å². The number of aromatic amines is 1. The van der Waals surface area contributed by atoms with Gasteiger partial charge in [-0.2, -0.15) is 0 Å². The topological polar surface area (TPSA) is 101 Å². The standard InChI is InChI=1S/C24H21N7O/c1-14(30-23-21-22(27-12-26-21)28-13-29-23)19-10-15-4-2-6-18(16-5-3-9-25-11-16)20(15)24(32)31(19)17-7-8-17/h2-6,9-14,17H,7-8H2,1H3,(H2,26,27,28,29,30)/t14-/m0/s1. The first-order valence-corrected chi connectivity index (χ1v) is 10.7. The Morgan fingerprint density at radius 3 is 2.88 bits per heavy atom. The van der Waals surface area contributed by atoms with Crippen molar-refractivity contribution in [3.8, 4) is 11.1 Å². The lowest BCUT2D eigenvalue weighted by Gasteiger charge is -2.22. The van der Waals surface area contributed by atoms with Crippen molar-refractivity contribution in [3.63, 3.8) is 0 Å². The Morgan fingerprint density at radius 2 is 2.06 bits per heavy atom. The summed E-state index contributed by atoms with van der Waals surface area (Å²) in [4.78, 5) is 34.0. The molecule has 4 heterocycles. The Bertz CT molecular complexity index is 1500. The lowest BCUT2D eigenvalue weighted by molar-refractivity contribution is 0.636. The summed E-state index contributed by atoms with van der Waals surface area (Å²) in [6.45, 7) is 2.05. The van der Waals surface area contributed by atoms with Crippen LogP contribution in [0.25, 0.3) is 33.1 Å². The minimum Gasteiger partial charge on any atom is -0.360 e. The third-order valence-electron chi connectivity index (χ3n) is 6.01. The number of hydrogen-bond acceptors (Lipinski definition) is 6. The van der Waals surface area contributed by atoms with E-state index in [-0.39, 0.29) is 17.6 Å². The van der Waals surface area contributed by atoms with Crippen molar-refractivity contribution in [1.82, 2.24) is 29.5 Å². The Morgan fingerprint density at radius 1 is 1.16 bits per heavy atom. The number of nitrogens with zero attached hydrogens (tertiary/aromatic N) is 5. The van der Waals surface area contributed by atoms with Crippen molar-refractivity contribution in [3.05, 3.63) is 77.5 Å². The molecule has 0 spiro atoms. The number of nitrogens with one attached hydrogen (secondary N) is 2. The number of aromatic nitrogens is 6. The molecule has 0 aliphatic heterocycles. The summed E-state index contributed by atoms with van der Waals surface area (Å²) in [7, 11) is 0. The van der Waals surface area contributed by atoms with Crippen molar-refractivity contribution in [2.75, 3.05) is 5.32 Å². The van der Waals surface area contributed by atoms with Crippen LogP contribution in [0.2, 0.25) is 0 Å². The number of H-pyrrole nitrogens is 1. The normalized spacial score (nSPS) is 14.7. The predicted molar refractivity (Wildman–Crippen MR) is 123 cm³/mol. The van der Waals surface area contributed by atoms with Gasteiger partial charge in [0.2, 0.25) is 0 Å². The van der Waals surface area contributed by atoms with Crippen LogP contribution < -0.4 is 10.9 Å². The molecule has 1 aromatic carbocycles. The van der Waals surface area contributed by atoms with Crippen LogP contribution in [-0.4, -0.2) is 29.5 Å². The van der Waals surface area contributed by atoms with Crippen molar-refractivity contribution < 1.29 is 0 Å². The summed E-state index contributed by atoms with van der Waals surface area (Å²) in [6, 6.07) is 12.1. The maximum absolute atomic E-state index is 13.8. The fourth-order valence-corrected chi connectivity index (χ4v) is 4.35. The van der Waals surface area contributed by atoms with Crippen LogP contribution in [0.15, 0.2) is 66.2 Å². The smallest absolute Gasteiger partial charge is 0.259 e. The van der Waals surface area contributed by atoms with Crippen molar-refractivity contribution in [2.24, 2.45) is 0 Å². The summed E-state index contributed by atoms with van der Waals surface area (Å²) in [5.41, 5.74) is 4.19. The minimum atomic E-state index is -0.149. The highest BCUT2D eigenvalue weighted by Gasteiger charge is 2.30. The highest BCUT2D eigenvalue weighted by atomic mass is 16.1. The molecule has 6 rings (SSSR count). The van der Waals surface area contributed by atoms with Crippen LogP contribution in [0.4, 0.5) is 5.82 Å². The van der Waals surface area contributed by atoms with E-state index in [1.165, 1.54) is 6.33 Å². The van der Waals surface area contributed by atoms with Gasteiger partial charge in [-0.1, -0.05) is 24.3 Å². The van der Waals surface area contributed by atoms with Crippen LogP contribution in [0.5, 0.6) is 0 Å². The summed E-state index contributed by atoms with van der Waals surface area (Å²) < 4.78 is 1.96. The molecule has 0 bridgehead atoms. The van der Waals surface area contributed by atoms with Gasteiger partial charge < -0.3 is 14.9 Å². The molecule has 0 saturated heterocycles. The van der Waals surface area contributed by atoms with Gasteiger partial charge in [0, 0.05) is 29.7 Å². The first kappa shape index (κ1) is 18.7. The number of pyridine rings is 2. The molecule has 5 aromatic rings. The van der Waals surface area contributed by atoms with E-state index in [1.807, 2.05) is 41.8 Å². The fourth-order valence-electron chi connectivity index (χ4n) is 4.35. The van der Waals surface area contributed by atoms with Crippen LogP contribution in [0.1, 0.15) is 37.5 Å². The second-order valence-corrected chi connectivity index (χ2v) is 8.18. The zero-order valence-electron chi connectivity index (χ0n) is 17.5. The zero-order chi connectivity index (χ0) is 21.7. The van der Waals surface area contributed by atoms with E-state index in [4.69, 9.17) is 0 Å². The Labute approximate surface area is 183 Å². The molecule has 1 aliphatic rings. The fraction of sp³-hybridized carbons (Fsp3) is 0.208. The first-order valence-electron chi connectivity index (χ1n) is 10.7. The number of hydrogen-bond donors (Lipinski definition) is 2. The van der Waals surface area contributed by atoms with Gasteiger partial charge in [-0.05, 0) is 42.8 Å². The quantitative estimate of drug-likeness (QED) is 0.438. The molecule has 4 aromatic heterocycles. The number of benzene rings is 1. The van der Waals surface area contributed by atoms with Gasteiger partial charge in [0.15, 0.2) is 11.5 Å². The average Bonchev–Trinajstić information content (AvgIpc) is 3.54. The van der Waals surface area contributed by atoms with Gasteiger partial charge >= 0.3 is 0 Å². The van der Waals surface area contributed by atoms with E-state index in [9.17, 15) is 4.79 Å². The molecule has 1 atom stereocenters. The van der Waals surface area contributed by atoms with Gasteiger partial charge in [-0.3, -0.25) is 9.78 Å². The van der Waals surface area contributed by atoms with Gasteiger partial charge in [0.1, 0.15) is 11.8 Å². The summed E-state index contributed by atoms with van der Waals surface area (Å²) >= 11 is 0. The summed E-state index contributed by atoms with van der Waals surface area (Å²) in [5.74, 6) is 0.641. The number of anilines is 1. The zero-order valence-corrected chi connectivity index (χ0v) is 17.5. The number of imidazole rings is 1. The molecular formula is C24H21N7O. The Hall–Kier alpha value is -4.07. The summed E-state index contributed by atoms with van der Waals surface area (Å²) in [6.07, 6.45) is 8.67. The first-order chi connectivity index (χ1) is 15.7. The van der Waals surface area contributed by atoms with Gasteiger partial charge in [-0.25, -0.2) is 15.0 Å². The molecule has 8 heteroatoms. The lowest BCUT2D eigenvalue weighted by Crippen LogP contribution is -2.26. The monoisotopic (exact) mass is 423 g/mol. The van der Waals surface area contributed by atoms with E-state index in [0.29, 0.717) is 17.0 Å². The maximum atomic E-state index is 13.8. The van der Waals surface area contributed by atoms with E-state index >= 15 is 0 Å². The molecule has 8 nitrogen and oxygen atoms in total. The van der Waals surface area contributed by atoms with E-state index in [2.05, 4.69) is 36.3 Å². The Kier molecular flexibility index (Phi) is 4.24. The van der Waals surface area contributed by atoms with Crippen LogP contribution in [0.3, 0.4) is 0 Å². The largest absolute Gasteiger partial charge is 0.360 e. The molecule has 0 unspecified atom stereocenters. The highest BCUT2D eigenvalue weighted by molar-refractivity contribution is 5.96. The molecule has 32 heavy (non-hydrogen) atoms. The van der Waals surface area contributed by atoms with E-state index in [1.54, 1.807) is 18.7 Å². The summed E-state index contributed by atoms with van der Waals surface area (Å²) in [5, 5.41) is 5.10. The third-order valence-corrected chi connectivity index (χ3v) is 6.01. The number of fused-ring (bicyclic) bond motifs is 2. The SMILES string of the molecule is C[C@H](Nc1ncnc2[nH]cnc12)c1cc2cccc(-c3cccnc3)c2c(=O)n1C1CC1. The third kappa shape index (κ3) is 3.03. The van der Waals surface area contributed by atoms with Gasteiger partial charge in [-0.15, -0.1) is 0 Å². The Balaban J connectivity index is 1.51. The molecule has 1 fully saturated rings. The second-order valence-electron chi connectivity index (χ2n) is 8.18. The van der Waals surface area contributed by atoms with Crippen molar-refractivity contribution >= 4 is 27.8 Å². The van der Waals surface area contributed by atoms with Gasteiger partial charge in [0.25, 0.3) is 5.56 Å². The van der Waals surface area contributed by atoms with Crippen molar-refractivity contribution in [1.29, 1.82) is 0 Å². The predicted octanol–water partition coefficient (Wildman–Crippen LogP) is 4.24. The number of rotatable bonds is 5. The second kappa shape index (κ2) is 7.26. The van der Waals surface area contributed by atoms with Gasteiger partial charge in [0.05, 0.1) is 17.8 Å². The molecule has 2 N–H and O–H groups in total. The minimum absolute atomic E-state index is 0.0423. The van der Waals surface area contributed by atoms with Crippen LogP contribution in [0, 0.1) is 0 Å². The molecule has 0 radical (unpaired) electrons. The molecule has 0 amide bonds. The molecule has 1 saturated carbocycles. The van der Waals surface area contributed by atoms with E-state index in [0.717, 1.165) is 40.4 Å².